The number of amides is 1. The van der Waals surface area contributed by atoms with Crippen LogP contribution >= 0.6 is 0 Å². The first-order valence-electron chi connectivity index (χ1n) is 4.24. The van der Waals surface area contributed by atoms with E-state index < -0.39 is 12.3 Å². The number of rotatable bonds is 6. The largest absolute Gasteiger partial charge is 0.354 e. The Hall–Kier alpha value is -0.650. The Bertz CT molecular complexity index is 148. The number of hydrogen-bond donors (Lipinski definition) is 2. The van der Waals surface area contributed by atoms with Crippen molar-refractivity contribution < 1.29 is 14.3 Å². The molecule has 0 aromatic heterocycles. The smallest absolute Gasteiger partial charge is 0.237 e. The highest BCUT2D eigenvalue weighted by atomic mass is 16.7. The molecule has 0 rings (SSSR count). The predicted molar refractivity (Wildman–Crippen MR) is 49.1 cm³/mol. The number of methoxy groups -OCH3 is 2. The molecule has 0 spiro atoms. The Balaban J connectivity index is 3.68. The van der Waals surface area contributed by atoms with E-state index in [1.54, 1.807) is 0 Å². The second-order valence-corrected chi connectivity index (χ2v) is 2.66. The fraction of sp³-hybridized carbons (Fsp3) is 0.875. The average Bonchev–Trinajstić information content (AvgIpc) is 2.17. The van der Waals surface area contributed by atoms with Gasteiger partial charge in [-0.2, -0.15) is 0 Å². The van der Waals surface area contributed by atoms with E-state index in [1.807, 2.05) is 6.92 Å². The van der Waals surface area contributed by atoms with Crippen LogP contribution in [0.15, 0.2) is 0 Å². The number of ether oxygens (including phenoxy) is 2. The molecule has 3 N–H and O–H groups in total. The van der Waals surface area contributed by atoms with E-state index in [2.05, 4.69) is 5.32 Å². The lowest BCUT2D eigenvalue weighted by atomic mass is 10.2. The Morgan fingerprint density at radius 1 is 1.46 bits per heavy atom. The zero-order valence-corrected chi connectivity index (χ0v) is 8.37. The van der Waals surface area contributed by atoms with Crippen molar-refractivity contribution in [3.05, 3.63) is 0 Å². The molecule has 0 aromatic carbocycles. The van der Waals surface area contributed by atoms with E-state index in [-0.39, 0.29) is 5.91 Å². The van der Waals surface area contributed by atoms with Crippen molar-refractivity contribution in [3.63, 3.8) is 0 Å². The van der Waals surface area contributed by atoms with Crippen LogP contribution in [-0.4, -0.2) is 39.0 Å². The Morgan fingerprint density at radius 3 is 2.38 bits per heavy atom. The number of nitrogens with two attached hydrogens (primary N) is 1. The van der Waals surface area contributed by atoms with Gasteiger partial charge in [0, 0.05) is 14.2 Å². The Morgan fingerprint density at radius 2 is 2.00 bits per heavy atom. The number of hydrogen-bond acceptors (Lipinski definition) is 4. The number of carbonyl (C=O) groups is 1. The predicted octanol–water partition coefficient (Wildman–Crippen LogP) is -0.541. The van der Waals surface area contributed by atoms with Gasteiger partial charge in [-0.15, -0.1) is 0 Å². The molecule has 0 bridgehead atoms. The molecule has 0 aliphatic heterocycles. The summed E-state index contributed by atoms with van der Waals surface area (Å²) in [7, 11) is 3.03. The van der Waals surface area contributed by atoms with Crippen LogP contribution in [0.5, 0.6) is 0 Å². The minimum absolute atomic E-state index is 0.179. The Labute approximate surface area is 78.6 Å². The third-order valence-electron chi connectivity index (χ3n) is 1.75. The van der Waals surface area contributed by atoms with Gasteiger partial charge in [-0.1, -0.05) is 6.92 Å². The van der Waals surface area contributed by atoms with Crippen LogP contribution in [0.2, 0.25) is 0 Å². The van der Waals surface area contributed by atoms with Gasteiger partial charge >= 0.3 is 0 Å². The molecule has 0 saturated heterocycles. The van der Waals surface area contributed by atoms with Gasteiger partial charge in [0.05, 0.1) is 12.6 Å². The van der Waals surface area contributed by atoms with E-state index in [4.69, 9.17) is 15.2 Å². The average molecular weight is 190 g/mol. The highest BCUT2D eigenvalue weighted by molar-refractivity contribution is 5.81. The molecule has 0 fully saturated rings. The lowest BCUT2D eigenvalue weighted by Gasteiger charge is -2.15. The molecule has 1 atom stereocenters. The van der Waals surface area contributed by atoms with Crippen LogP contribution in [0.3, 0.4) is 0 Å². The first-order valence-corrected chi connectivity index (χ1v) is 4.24. The molecule has 0 radical (unpaired) electrons. The van der Waals surface area contributed by atoms with Crippen molar-refractivity contribution in [2.75, 3.05) is 20.8 Å². The second-order valence-electron chi connectivity index (χ2n) is 2.66. The van der Waals surface area contributed by atoms with Gasteiger partial charge in [-0.3, -0.25) is 4.79 Å². The van der Waals surface area contributed by atoms with Gasteiger partial charge in [0.15, 0.2) is 6.29 Å². The van der Waals surface area contributed by atoms with Gasteiger partial charge in [-0.25, -0.2) is 0 Å². The summed E-state index contributed by atoms with van der Waals surface area (Å²) in [6.07, 6.45) is 0.212. The lowest BCUT2D eigenvalue weighted by molar-refractivity contribution is -0.128. The van der Waals surface area contributed by atoms with E-state index in [1.165, 1.54) is 14.2 Å². The standard InChI is InChI=1S/C8H18N2O3/c1-4-6(9)8(11)10-5-7(12-2)13-3/h6-7H,4-5,9H2,1-3H3,(H,10,11). The van der Waals surface area contributed by atoms with Gasteiger partial charge in [0.25, 0.3) is 0 Å². The maximum atomic E-state index is 11.2. The summed E-state index contributed by atoms with van der Waals surface area (Å²) in [5.74, 6) is -0.179. The summed E-state index contributed by atoms with van der Waals surface area (Å²) in [5.41, 5.74) is 5.49. The summed E-state index contributed by atoms with van der Waals surface area (Å²) in [6.45, 7) is 2.17. The molecule has 13 heavy (non-hydrogen) atoms. The highest BCUT2D eigenvalue weighted by Crippen LogP contribution is 1.90. The zero-order chi connectivity index (χ0) is 10.3. The van der Waals surface area contributed by atoms with Crippen LogP contribution in [0.1, 0.15) is 13.3 Å². The maximum Gasteiger partial charge on any atom is 0.237 e. The number of nitrogens with one attached hydrogen (secondary N) is 1. The monoisotopic (exact) mass is 190 g/mol. The minimum Gasteiger partial charge on any atom is -0.354 e. The molecule has 0 heterocycles. The van der Waals surface area contributed by atoms with Crippen LogP contribution in [-0.2, 0) is 14.3 Å². The molecular weight excluding hydrogens is 172 g/mol. The summed E-state index contributed by atoms with van der Waals surface area (Å²) >= 11 is 0. The molecule has 1 amide bonds. The fourth-order valence-corrected chi connectivity index (χ4v) is 0.763. The SMILES string of the molecule is CCC(N)C(=O)NCC(OC)OC. The fourth-order valence-electron chi connectivity index (χ4n) is 0.763. The normalized spacial score (nSPS) is 13.0. The quantitative estimate of drug-likeness (QED) is 0.552. The van der Waals surface area contributed by atoms with Crippen molar-refractivity contribution >= 4 is 5.91 Å². The van der Waals surface area contributed by atoms with Crippen molar-refractivity contribution in [2.45, 2.75) is 25.7 Å². The topological polar surface area (TPSA) is 73.6 Å². The molecule has 0 aliphatic rings. The van der Waals surface area contributed by atoms with Crippen LogP contribution in [0.4, 0.5) is 0 Å². The van der Waals surface area contributed by atoms with Crippen LogP contribution < -0.4 is 11.1 Å². The number of carbonyl (C=O) groups excluding carboxylic acids is 1. The third-order valence-corrected chi connectivity index (χ3v) is 1.75. The van der Waals surface area contributed by atoms with E-state index in [9.17, 15) is 4.79 Å². The molecule has 0 saturated carbocycles. The maximum absolute atomic E-state index is 11.2. The molecule has 5 nitrogen and oxygen atoms in total. The molecule has 5 heteroatoms. The van der Waals surface area contributed by atoms with Crippen LogP contribution in [0, 0.1) is 0 Å². The van der Waals surface area contributed by atoms with Crippen LogP contribution in [0.25, 0.3) is 0 Å². The van der Waals surface area contributed by atoms with Crippen molar-refractivity contribution in [2.24, 2.45) is 5.73 Å². The van der Waals surface area contributed by atoms with Gasteiger partial charge in [-0.05, 0) is 6.42 Å². The minimum atomic E-state index is -0.450. The van der Waals surface area contributed by atoms with E-state index in [0.717, 1.165) is 0 Å². The summed E-state index contributed by atoms with van der Waals surface area (Å²) in [6, 6.07) is -0.450. The van der Waals surface area contributed by atoms with Crippen molar-refractivity contribution in [1.29, 1.82) is 0 Å². The zero-order valence-electron chi connectivity index (χ0n) is 8.37. The highest BCUT2D eigenvalue weighted by Gasteiger charge is 2.12. The first kappa shape index (κ1) is 12.3. The molecule has 0 aromatic rings. The molecule has 1 unspecified atom stereocenters. The first-order chi connectivity index (χ1) is 6.15. The van der Waals surface area contributed by atoms with E-state index in [0.29, 0.717) is 13.0 Å². The molecule has 0 aliphatic carbocycles. The van der Waals surface area contributed by atoms with Gasteiger partial charge < -0.3 is 20.5 Å². The van der Waals surface area contributed by atoms with Gasteiger partial charge in [0.1, 0.15) is 0 Å². The van der Waals surface area contributed by atoms with Gasteiger partial charge in [0.2, 0.25) is 5.91 Å². The molecule has 78 valence electrons. The Kier molecular flexibility index (Phi) is 6.48. The summed E-state index contributed by atoms with van der Waals surface area (Å²) < 4.78 is 9.77. The second kappa shape index (κ2) is 6.82. The van der Waals surface area contributed by atoms with Crippen molar-refractivity contribution in [1.82, 2.24) is 5.32 Å². The summed E-state index contributed by atoms with van der Waals surface area (Å²) in [5, 5.41) is 2.62. The third kappa shape index (κ3) is 4.82. The lowest BCUT2D eigenvalue weighted by Crippen LogP contribution is -2.43. The van der Waals surface area contributed by atoms with E-state index >= 15 is 0 Å². The molecular formula is C8H18N2O3. The summed E-state index contributed by atoms with van der Waals surface area (Å²) in [4.78, 5) is 11.2. The van der Waals surface area contributed by atoms with Crippen molar-refractivity contribution in [3.8, 4) is 0 Å².